The van der Waals surface area contributed by atoms with Gasteiger partial charge < -0.3 is 38.3 Å². The Bertz CT molecular complexity index is 2200. The molecular formula is C37H33F2N5O7. The largest absolute Gasteiger partial charge is 0.497 e. The molecule has 5 aromatic rings. The van der Waals surface area contributed by atoms with Crippen LogP contribution in [0.5, 0.6) is 11.6 Å². The number of fused-ring (bicyclic) bond motifs is 3. The molecule has 1 spiro atoms. The number of hydrogen-bond acceptors (Lipinski definition) is 11. The Morgan fingerprint density at radius 1 is 1.08 bits per heavy atom. The van der Waals surface area contributed by atoms with E-state index in [0.29, 0.717) is 54.3 Å². The van der Waals surface area contributed by atoms with E-state index >= 15 is 0 Å². The fourth-order valence-electron chi connectivity index (χ4n) is 6.95. The number of benzene rings is 2. The summed E-state index contributed by atoms with van der Waals surface area (Å²) in [5.74, 6) is 5.42. The van der Waals surface area contributed by atoms with Gasteiger partial charge in [0.15, 0.2) is 17.2 Å². The fourth-order valence-corrected chi connectivity index (χ4v) is 6.95. The van der Waals surface area contributed by atoms with Crippen molar-refractivity contribution in [3.05, 3.63) is 77.7 Å². The van der Waals surface area contributed by atoms with Gasteiger partial charge >= 0.3 is 5.97 Å². The van der Waals surface area contributed by atoms with Crippen LogP contribution in [0.15, 0.2) is 65.2 Å². The number of carboxylic acid groups (broad SMARTS) is 1. The Hall–Kier alpha value is -5.52. The SMILES string of the molecule is COc1cccc(C#Cc2cnc(O[C@H]3C[C@@H](C(=O)O)N(c4nc(C(F)F)nc5c4oc4ccccc45)C3)c(N3CCOC4(COC4)[C@@H]3C)c2)c1. The maximum Gasteiger partial charge on any atom is 0.326 e. The highest BCUT2D eigenvalue weighted by Gasteiger charge is 2.50. The molecule has 262 valence electrons. The Balaban J connectivity index is 1.15. The van der Waals surface area contributed by atoms with Crippen molar-refractivity contribution in [2.75, 3.05) is 49.8 Å². The number of anilines is 2. The lowest BCUT2D eigenvalue weighted by Gasteiger charge is -2.53. The van der Waals surface area contributed by atoms with Gasteiger partial charge in [0.25, 0.3) is 6.43 Å². The number of carboxylic acids is 1. The number of ether oxygens (including phenoxy) is 4. The number of morpholine rings is 1. The molecule has 0 saturated carbocycles. The van der Waals surface area contributed by atoms with Crippen molar-refractivity contribution < 1.29 is 42.0 Å². The molecule has 2 aromatic carbocycles. The van der Waals surface area contributed by atoms with Gasteiger partial charge in [0.2, 0.25) is 5.88 Å². The summed E-state index contributed by atoms with van der Waals surface area (Å²) in [6.07, 6.45) is -2.05. The van der Waals surface area contributed by atoms with Gasteiger partial charge in [-0.05, 0) is 43.3 Å². The minimum absolute atomic E-state index is 0.0117. The highest BCUT2D eigenvalue weighted by Crippen LogP contribution is 2.41. The number of hydrogen-bond donors (Lipinski definition) is 1. The second kappa shape index (κ2) is 13.0. The van der Waals surface area contributed by atoms with E-state index in [0.717, 1.165) is 5.56 Å². The smallest absolute Gasteiger partial charge is 0.326 e. The summed E-state index contributed by atoms with van der Waals surface area (Å²) in [6, 6.07) is 15.0. The van der Waals surface area contributed by atoms with E-state index in [2.05, 4.69) is 33.6 Å². The number of methoxy groups -OCH3 is 1. The monoisotopic (exact) mass is 697 g/mol. The van der Waals surface area contributed by atoms with Crippen LogP contribution < -0.4 is 19.3 Å². The van der Waals surface area contributed by atoms with Crippen LogP contribution in [-0.2, 0) is 14.3 Å². The Kier molecular flexibility index (Phi) is 8.32. The zero-order chi connectivity index (χ0) is 35.3. The van der Waals surface area contributed by atoms with Crippen LogP contribution in [0.3, 0.4) is 0 Å². The molecule has 0 unspecified atom stereocenters. The average molecular weight is 698 g/mol. The number of para-hydroxylation sites is 1. The minimum atomic E-state index is -2.99. The molecule has 3 aromatic heterocycles. The van der Waals surface area contributed by atoms with Crippen molar-refractivity contribution in [1.82, 2.24) is 15.0 Å². The first-order chi connectivity index (χ1) is 24.7. The van der Waals surface area contributed by atoms with Crippen LogP contribution >= 0.6 is 0 Å². The lowest BCUT2D eigenvalue weighted by Crippen LogP contribution is -2.68. The number of carbonyl (C=O) groups is 1. The van der Waals surface area contributed by atoms with Gasteiger partial charge in [-0.2, -0.15) is 0 Å². The van der Waals surface area contributed by atoms with Crippen molar-refractivity contribution in [3.8, 4) is 23.5 Å². The number of furan rings is 1. The van der Waals surface area contributed by atoms with Crippen molar-refractivity contribution in [2.45, 2.75) is 43.6 Å². The van der Waals surface area contributed by atoms with Crippen LogP contribution in [0.1, 0.15) is 36.7 Å². The third kappa shape index (κ3) is 5.92. The summed E-state index contributed by atoms with van der Waals surface area (Å²) in [5, 5.41) is 10.9. The van der Waals surface area contributed by atoms with Gasteiger partial charge in [0, 0.05) is 35.7 Å². The second-order valence-electron chi connectivity index (χ2n) is 12.8. The molecule has 8 rings (SSSR count). The molecule has 6 heterocycles. The van der Waals surface area contributed by atoms with Gasteiger partial charge in [0.1, 0.15) is 40.3 Å². The molecule has 0 bridgehead atoms. The van der Waals surface area contributed by atoms with E-state index in [4.69, 9.17) is 28.3 Å². The maximum atomic E-state index is 14.1. The number of aliphatic carboxylic acids is 1. The Morgan fingerprint density at radius 2 is 1.90 bits per heavy atom. The van der Waals surface area contributed by atoms with E-state index in [1.807, 2.05) is 30.3 Å². The number of pyridine rings is 1. The van der Waals surface area contributed by atoms with Crippen molar-refractivity contribution >= 4 is 39.5 Å². The summed E-state index contributed by atoms with van der Waals surface area (Å²) in [4.78, 5) is 29.2. The summed E-state index contributed by atoms with van der Waals surface area (Å²) in [7, 11) is 1.60. The standard InChI is InChI=1S/C37H33F2N5O7/c1-21-37(19-48-20-37)49-13-12-43(21)27-15-23(11-10-22-6-5-7-24(14-22)47-2)17-40-35(27)50-25-16-28(36(45)46)44(18-25)34-31-30(41-33(42-34)32(38)39)26-8-3-4-9-29(26)51-31/h3-9,14-15,17,21,25,28,32H,12-13,16,18-20H2,1-2H3,(H,45,46)/t21-,25-,28-/m0/s1. The van der Waals surface area contributed by atoms with E-state index in [-0.39, 0.29) is 41.8 Å². The normalized spacial score (nSPS) is 21.2. The number of rotatable bonds is 7. The predicted molar refractivity (Wildman–Crippen MR) is 182 cm³/mol. The molecule has 3 atom stereocenters. The topological polar surface area (TPSA) is 133 Å². The van der Waals surface area contributed by atoms with Gasteiger partial charge in [0.05, 0.1) is 39.5 Å². The van der Waals surface area contributed by atoms with Crippen molar-refractivity contribution in [3.63, 3.8) is 0 Å². The summed E-state index contributed by atoms with van der Waals surface area (Å²) in [5.41, 5.74) is 2.33. The first kappa shape index (κ1) is 32.7. The molecule has 3 aliphatic heterocycles. The van der Waals surface area contributed by atoms with Gasteiger partial charge in [-0.1, -0.05) is 30.0 Å². The molecule has 12 nitrogen and oxygen atoms in total. The first-order valence-corrected chi connectivity index (χ1v) is 16.5. The molecule has 3 aliphatic rings. The molecular weight excluding hydrogens is 664 g/mol. The van der Waals surface area contributed by atoms with Gasteiger partial charge in [-0.15, -0.1) is 0 Å². The number of nitrogens with zero attached hydrogens (tertiary/aromatic N) is 5. The summed E-state index contributed by atoms with van der Waals surface area (Å²) < 4.78 is 57.8. The molecule has 3 fully saturated rings. The summed E-state index contributed by atoms with van der Waals surface area (Å²) >= 11 is 0. The zero-order valence-electron chi connectivity index (χ0n) is 27.7. The fraction of sp³-hybridized carbons (Fsp3) is 0.351. The maximum absolute atomic E-state index is 14.1. The number of halogens is 2. The highest BCUT2D eigenvalue weighted by atomic mass is 19.3. The van der Waals surface area contributed by atoms with Crippen LogP contribution in [-0.4, -0.2) is 89.8 Å². The van der Waals surface area contributed by atoms with E-state index < -0.39 is 36.0 Å². The van der Waals surface area contributed by atoms with E-state index in [1.54, 1.807) is 37.6 Å². The van der Waals surface area contributed by atoms with Crippen LogP contribution in [0.25, 0.3) is 22.1 Å². The van der Waals surface area contributed by atoms with Crippen LogP contribution in [0, 0.1) is 11.8 Å². The third-order valence-electron chi connectivity index (χ3n) is 9.72. The second-order valence-corrected chi connectivity index (χ2v) is 12.8. The van der Waals surface area contributed by atoms with Crippen molar-refractivity contribution in [2.24, 2.45) is 0 Å². The highest BCUT2D eigenvalue weighted by molar-refractivity contribution is 6.06. The zero-order valence-corrected chi connectivity index (χ0v) is 27.7. The molecule has 3 saturated heterocycles. The average Bonchev–Trinajstić information content (AvgIpc) is 3.72. The minimum Gasteiger partial charge on any atom is -0.497 e. The molecule has 1 N–H and O–H groups in total. The molecule has 0 amide bonds. The quantitative estimate of drug-likeness (QED) is 0.224. The van der Waals surface area contributed by atoms with E-state index in [1.165, 1.54) is 4.90 Å². The van der Waals surface area contributed by atoms with Gasteiger partial charge in [-0.3, -0.25) is 0 Å². The number of alkyl halides is 2. The van der Waals surface area contributed by atoms with Crippen LogP contribution in [0.4, 0.5) is 20.3 Å². The summed E-state index contributed by atoms with van der Waals surface area (Å²) in [6.45, 7) is 3.99. The lowest BCUT2D eigenvalue weighted by molar-refractivity contribution is -0.228. The number of aromatic nitrogens is 3. The molecule has 51 heavy (non-hydrogen) atoms. The predicted octanol–water partition coefficient (Wildman–Crippen LogP) is 5.22. The molecule has 0 radical (unpaired) electrons. The van der Waals surface area contributed by atoms with Gasteiger partial charge in [-0.25, -0.2) is 28.5 Å². The first-order valence-electron chi connectivity index (χ1n) is 16.5. The third-order valence-corrected chi connectivity index (χ3v) is 9.72. The Labute approximate surface area is 290 Å². The van der Waals surface area contributed by atoms with Crippen molar-refractivity contribution in [1.29, 1.82) is 0 Å². The Morgan fingerprint density at radius 3 is 2.67 bits per heavy atom. The molecule has 0 aliphatic carbocycles. The molecule has 14 heteroatoms. The lowest BCUT2D eigenvalue weighted by atomic mass is 9.90. The van der Waals surface area contributed by atoms with Crippen LogP contribution in [0.2, 0.25) is 0 Å². The van der Waals surface area contributed by atoms with E-state index in [9.17, 15) is 18.7 Å².